The Morgan fingerprint density at radius 1 is 1.38 bits per heavy atom. The fourth-order valence-electron chi connectivity index (χ4n) is 3.02. The summed E-state index contributed by atoms with van der Waals surface area (Å²) in [7, 11) is -1.64. The van der Waals surface area contributed by atoms with Crippen LogP contribution in [0, 0.1) is 5.92 Å². The minimum atomic E-state index is -1.64. The highest BCUT2D eigenvalue weighted by Crippen LogP contribution is 2.43. The van der Waals surface area contributed by atoms with Gasteiger partial charge in [-0.05, 0) is 32.4 Å². The van der Waals surface area contributed by atoms with Crippen molar-refractivity contribution in [2.24, 2.45) is 5.92 Å². The number of ether oxygens (including phenoxy) is 1. The van der Waals surface area contributed by atoms with Gasteiger partial charge in [0, 0.05) is 11.5 Å². The van der Waals surface area contributed by atoms with Crippen molar-refractivity contribution in [1.82, 2.24) is 5.06 Å². The predicted molar refractivity (Wildman–Crippen MR) is 82.6 cm³/mol. The Balaban J connectivity index is 2.12. The van der Waals surface area contributed by atoms with Gasteiger partial charge in [-0.25, -0.2) is 4.79 Å². The van der Waals surface area contributed by atoms with Crippen molar-refractivity contribution in [1.29, 1.82) is 0 Å². The smallest absolute Gasteiger partial charge is 0.434 e. The average Bonchev–Trinajstić information content (AvgIpc) is 2.60. The van der Waals surface area contributed by atoms with Gasteiger partial charge in [0.05, 0.1) is 21.2 Å². The van der Waals surface area contributed by atoms with Gasteiger partial charge in [0.15, 0.2) is 5.78 Å². The van der Waals surface area contributed by atoms with Gasteiger partial charge in [-0.2, -0.15) is 5.06 Å². The Morgan fingerprint density at radius 2 is 2.00 bits per heavy atom. The van der Waals surface area contributed by atoms with E-state index in [2.05, 4.69) is 19.6 Å². The molecule has 0 N–H and O–H groups in total. The minimum absolute atomic E-state index is 0.0290. The van der Waals surface area contributed by atoms with Crippen molar-refractivity contribution < 1.29 is 19.2 Å². The third-order valence-corrected chi connectivity index (χ3v) is 6.35. The van der Waals surface area contributed by atoms with Crippen molar-refractivity contribution in [3.8, 4) is 0 Å². The molecule has 118 valence electrons. The normalized spacial score (nSPS) is 26.5. The van der Waals surface area contributed by atoms with Gasteiger partial charge in [0.25, 0.3) is 0 Å². The second-order valence-electron chi connectivity index (χ2n) is 7.89. The predicted octanol–water partition coefficient (Wildman–Crippen LogP) is 3.00. The van der Waals surface area contributed by atoms with Gasteiger partial charge in [-0.15, -0.1) is 0 Å². The first kappa shape index (κ1) is 16.2. The monoisotopic (exact) mass is 311 g/mol. The van der Waals surface area contributed by atoms with Crippen LogP contribution in [-0.4, -0.2) is 43.8 Å². The molecule has 21 heavy (non-hydrogen) atoms. The highest BCUT2D eigenvalue weighted by atomic mass is 28.3. The molecule has 0 bridgehead atoms. The molecule has 1 fully saturated rings. The highest BCUT2D eigenvalue weighted by molar-refractivity contribution is 6.81. The molecule has 0 spiro atoms. The molecule has 0 saturated carbocycles. The van der Waals surface area contributed by atoms with E-state index in [1.165, 1.54) is 5.06 Å². The third kappa shape index (κ3) is 3.55. The van der Waals surface area contributed by atoms with Crippen molar-refractivity contribution >= 4 is 20.0 Å². The second kappa shape index (κ2) is 5.25. The van der Waals surface area contributed by atoms with Crippen LogP contribution >= 0.6 is 0 Å². The number of carbonyl (C=O) groups excluding carboxylic acids is 2. The number of hydrogen-bond acceptors (Lipinski definition) is 4. The van der Waals surface area contributed by atoms with Crippen LogP contribution in [0.25, 0.3) is 0 Å². The number of allylic oxidation sites excluding steroid dienone is 1. The lowest BCUT2D eigenvalue weighted by molar-refractivity contribution is -0.161. The largest absolute Gasteiger partial charge is 0.442 e. The number of nitrogens with zero attached hydrogens (tertiary/aromatic N) is 1. The van der Waals surface area contributed by atoms with E-state index in [-0.39, 0.29) is 17.2 Å². The molecule has 0 aromatic rings. The summed E-state index contributed by atoms with van der Waals surface area (Å²) in [5.74, 6) is 0.286. The SMILES string of the molecule is CC(C)(C)OC(=O)N1CC2C(=CC(=O)C2[Si](C)(C)C)CO1. The van der Waals surface area contributed by atoms with E-state index in [4.69, 9.17) is 9.57 Å². The molecule has 2 unspecified atom stereocenters. The first-order valence-corrected chi connectivity index (χ1v) is 10.9. The number of fused-ring (bicyclic) bond motifs is 1. The molecule has 1 aliphatic carbocycles. The molecule has 2 atom stereocenters. The zero-order valence-corrected chi connectivity index (χ0v) is 14.7. The number of hydroxylamine groups is 2. The van der Waals surface area contributed by atoms with Crippen molar-refractivity contribution in [3.63, 3.8) is 0 Å². The van der Waals surface area contributed by atoms with Crippen LogP contribution in [0.4, 0.5) is 4.79 Å². The van der Waals surface area contributed by atoms with Gasteiger partial charge in [0.1, 0.15) is 5.60 Å². The molecule has 1 saturated heterocycles. The number of rotatable bonds is 1. The van der Waals surface area contributed by atoms with Crippen LogP contribution in [0.2, 0.25) is 25.2 Å². The maximum absolute atomic E-state index is 12.3. The van der Waals surface area contributed by atoms with Gasteiger partial charge in [-0.3, -0.25) is 9.63 Å². The Kier molecular flexibility index (Phi) is 4.05. The van der Waals surface area contributed by atoms with E-state index in [9.17, 15) is 9.59 Å². The van der Waals surface area contributed by atoms with Crippen LogP contribution in [0.1, 0.15) is 20.8 Å². The second-order valence-corrected chi connectivity index (χ2v) is 13.2. The van der Waals surface area contributed by atoms with E-state index in [1.807, 2.05) is 20.8 Å². The summed E-state index contributed by atoms with van der Waals surface area (Å²) < 4.78 is 5.34. The Morgan fingerprint density at radius 3 is 2.52 bits per heavy atom. The molecule has 5 nitrogen and oxygen atoms in total. The zero-order valence-electron chi connectivity index (χ0n) is 13.7. The fraction of sp³-hybridized carbons (Fsp3) is 0.733. The number of ketones is 1. The van der Waals surface area contributed by atoms with E-state index in [0.29, 0.717) is 13.2 Å². The lowest BCUT2D eigenvalue weighted by atomic mass is 10.0. The van der Waals surface area contributed by atoms with Gasteiger partial charge in [-0.1, -0.05) is 19.6 Å². The summed E-state index contributed by atoms with van der Waals surface area (Å²) in [5.41, 5.74) is 0.494. The Hall–Kier alpha value is -1.14. The van der Waals surface area contributed by atoms with Crippen LogP contribution in [0.15, 0.2) is 11.6 Å². The van der Waals surface area contributed by atoms with E-state index < -0.39 is 19.8 Å². The molecule has 2 aliphatic rings. The third-order valence-electron chi connectivity index (χ3n) is 3.79. The first-order valence-electron chi connectivity index (χ1n) is 7.37. The van der Waals surface area contributed by atoms with Gasteiger partial charge >= 0.3 is 6.09 Å². The summed E-state index contributed by atoms with van der Waals surface area (Å²) in [5, 5.41) is 1.28. The number of carbonyl (C=O) groups is 2. The molecule has 6 heteroatoms. The van der Waals surface area contributed by atoms with E-state index in [0.717, 1.165) is 5.57 Å². The maximum Gasteiger partial charge on any atom is 0.434 e. The molecule has 0 radical (unpaired) electrons. The summed E-state index contributed by atoms with van der Waals surface area (Å²) in [6, 6.07) is 0. The lowest BCUT2D eigenvalue weighted by Gasteiger charge is -2.38. The quantitative estimate of drug-likeness (QED) is 0.699. The molecule has 0 aromatic heterocycles. The number of amides is 1. The van der Waals surface area contributed by atoms with Crippen LogP contribution < -0.4 is 0 Å². The zero-order chi connectivity index (χ0) is 16.0. The van der Waals surface area contributed by atoms with Crippen LogP contribution in [0.3, 0.4) is 0 Å². The van der Waals surface area contributed by atoms with E-state index >= 15 is 0 Å². The fourth-order valence-corrected chi connectivity index (χ4v) is 5.48. The van der Waals surface area contributed by atoms with Crippen molar-refractivity contribution in [2.45, 2.75) is 51.6 Å². The Labute approximate surface area is 127 Å². The van der Waals surface area contributed by atoms with Crippen molar-refractivity contribution in [3.05, 3.63) is 11.6 Å². The molecular formula is C15H25NO4Si. The minimum Gasteiger partial charge on any atom is -0.442 e. The first-order chi connectivity index (χ1) is 9.49. The maximum atomic E-state index is 12.3. The topological polar surface area (TPSA) is 55.8 Å². The molecule has 2 rings (SSSR count). The summed E-state index contributed by atoms with van der Waals surface area (Å²) in [4.78, 5) is 29.8. The molecule has 1 aliphatic heterocycles. The van der Waals surface area contributed by atoms with Crippen LogP contribution in [0.5, 0.6) is 0 Å². The van der Waals surface area contributed by atoms with Crippen molar-refractivity contribution in [2.75, 3.05) is 13.2 Å². The summed E-state index contributed by atoms with van der Waals surface area (Å²) in [6.07, 6.45) is 1.25. The summed E-state index contributed by atoms with van der Waals surface area (Å²) >= 11 is 0. The standard InChI is InChI=1S/C15H25NO4Si/c1-15(2,3)20-14(18)16-8-11-10(9-19-16)7-12(17)13(11)21(4,5)6/h7,11,13H,8-9H2,1-6H3. The molecular weight excluding hydrogens is 286 g/mol. The molecule has 1 heterocycles. The van der Waals surface area contributed by atoms with Crippen LogP contribution in [-0.2, 0) is 14.4 Å². The van der Waals surface area contributed by atoms with E-state index in [1.54, 1.807) is 6.08 Å². The number of hydrogen-bond donors (Lipinski definition) is 0. The average molecular weight is 311 g/mol. The summed E-state index contributed by atoms with van der Waals surface area (Å²) in [6.45, 7) is 12.8. The molecule has 1 amide bonds. The Bertz CT molecular complexity index is 487. The van der Waals surface area contributed by atoms with Gasteiger partial charge in [0.2, 0.25) is 0 Å². The molecule has 0 aromatic carbocycles. The highest BCUT2D eigenvalue weighted by Gasteiger charge is 2.47. The van der Waals surface area contributed by atoms with Gasteiger partial charge < -0.3 is 4.74 Å². The lowest BCUT2D eigenvalue weighted by Crippen LogP contribution is -2.47.